The summed E-state index contributed by atoms with van der Waals surface area (Å²) in [5, 5.41) is 20.9. The molecule has 4 aliphatic heterocycles. The van der Waals surface area contributed by atoms with Crippen LogP contribution in [0.15, 0.2) is 74.7 Å². The molecule has 14 nitrogen and oxygen atoms in total. The second-order valence-electron chi connectivity index (χ2n) is 15.0. The number of phenols is 1. The van der Waals surface area contributed by atoms with E-state index < -0.39 is 29.4 Å². The molecule has 7 N–H and O–H groups in total. The number of esters is 1. The molecule has 1 unspecified atom stereocenters. The monoisotopic (exact) mass is 735 g/mol. The van der Waals surface area contributed by atoms with Crippen LogP contribution in [-0.2, 0) is 33.7 Å². The van der Waals surface area contributed by atoms with Crippen molar-refractivity contribution in [3.8, 4) is 22.8 Å². The molecule has 0 radical (unpaired) electrons. The fourth-order valence-electron chi connectivity index (χ4n) is 7.82. The molecule has 1 aromatic carbocycles. The molecule has 4 aromatic rings. The van der Waals surface area contributed by atoms with Crippen LogP contribution in [0.3, 0.4) is 0 Å². The maximum atomic E-state index is 14.0. The van der Waals surface area contributed by atoms with Crippen molar-refractivity contribution in [2.24, 2.45) is 4.99 Å². The number of allylic oxidation sites excluding steroid dienone is 1. The zero-order chi connectivity index (χ0) is 37.9. The first-order valence-electron chi connectivity index (χ1n) is 18.1. The number of nitrogens with one attached hydrogen (secondary N) is 1. The fourth-order valence-corrected chi connectivity index (χ4v) is 7.82. The standard InChI is InChI=1S/C40H42N6O8/c1-21-11-29(48)36-31(51-21)17-30-26(37(36)49)16-33(39(2,3)53-30)52-38(50)40(8-4-10-47)32(54-40)6-5-22-12-27(45-34(41)13-22)24-14-25(44-35(42)15-24)19-46-18-23-7-9-43-28(23)20-46/h7,9,11-15,17-18,32-33,47,49H,4-6,8,10,16,19-20H2,1-3H3,(H2,41,45)(H2,42,44)/p+1/t32-,33-,40-/m1/s1. The lowest BCUT2D eigenvalue weighted by Gasteiger charge is -2.39. The summed E-state index contributed by atoms with van der Waals surface area (Å²) in [4.78, 5) is 41.5. The van der Waals surface area contributed by atoms with Gasteiger partial charge in [0, 0.05) is 42.5 Å². The van der Waals surface area contributed by atoms with Gasteiger partial charge in [0.1, 0.15) is 76.6 Å². The van der Waals surface area contributed by atoms with E-state index in [1.165, 1.54) is 11.0 Å². The van der Waals surface area contributed by atoms with Gasteiger partial charge >= 0.3 is 5.97 Å². The van der Waals surface area contributed by atoms with Crippen LogP contribution in [0.1, 0.15) is 55.7 Å². The van der Waals surface area contributed by atoms with Crippen LogP contribution in [0, 0.1) is 6.92 Å². The molecule has 0 aliphatic carbocycles. The summed E-state index contributed by atoms with van der Waals surface area (Å²) in [5.41, 5.74) is 15.9. The molecule has 4 atom stereocenters. The minimum atomic E-state index is -1.26. The van der Waals surface area contributed by atoms with Crippen LogP contribution in [0.2, 0.25) is 0 Å². The van der Waals surface area contributed by atoms with Crippen molar-refractivity contribution in [1.29, 1.82) is 0 Å². The minimum Gasteiger partial charge on any atom is -0.507 e. The average molecular weight is 736 g/mol. The number of anilines is 2. The Morgan fingerprint density at radius 3 is 2.72 bits per heavy atom. The Morgan fingerprint density at radius 1 is 1.11 bits per heavy atom. The number of aliphatic hydroxyl groups excluding tert-OH is 1. The van der Waals surface area contributed by atoms with Gasteiger partial charge in [-0.15, -0.1) is 0 Å². The summed E-state index contributed by atoms with van der Waals surface area (Å²) < 4.78 is 24.2. The number of ether oxygens (including phenoxy) is 3. The predicted molar refractivity (Wildman–Crippen MR) is 200 cm³/mol. The van der Waals surface area contributed by atoms with Gasteiger partial charge in [-0.25, -0.2) is 14.8 Å². The number of nitrogens with two attached hydrogens (primary N) is 2. The molecule has 1 saturated heterocycles. The summed E-state index contributed by atoms with van der Waals surface area (Å²) in [6, 6.07) is 10.4. The van der Waals surface area contributed by atoms with Gasteiger partial charge in [0.05, 0.1) is 23.1 Å². The van der Waals surface area contributed by atoms with E-state index in [-0.39, 0.29) is 41.6 Å². The maximum Gasteiger partial charge on any atom is 0.341 e. The van der Waals surface area contributed by atoms with Gasteiger partial charge in [0.2, 0.25) is 0 Å². The van der Waals surface area contributed by atoms with E-state index in [9.17, 15) is 19.8 Å². The van der Waals surface area contributed by atoms with Crippen molar-refractivity contribution in [1.82, 2.24) is 9.97 Å². The quantitative estimate of drug-likeness (QED) is 0.111. The lowest BCUT2D eigenvalue weighted by atomic mass is 9.89. The number of nitrogens with zero attached hydrogens (tertiary/aromatic N) is 3. The van der Waals surface area contributed by atoms with E-state index >= 15 is 0 Å². The Hall–Kier alpha value is -5.57. The molecule has 0 spiro atoms. The van der Waals surface area contributed by atoms with Crippen molar-refractivity contribution >= 4 is 34.3 Å². The Bertz CT molecular complexity index is 2350. The highest BCUT2D eigenvalue weighted by Crippen LogP contribution is 2.47. The third-order valence-corrected chi connectivity index (χ3v) is 10.6. The number of epoxide rings is 1. The molecule has 0 amide bonds. The summed E-state index contributed by atoms with van der Waals surface area (Å²) in [5.74, 6) is 0.659. The lowest BCUT2D eigenvalue weighted by molar-refractivity contribution is -0.848. The van der Waals surface area contributed by atoms with Gasteiger partial charge in [-0.3, -0.25) is 14.7 Å². The number of nitrogen functional groups attached to an aromatic ring is 2. The van der Waals surface area contributed by atoms with Crippen molar-refractivity contribution in [2.45, 2.75) is 82.8 Å². The Labute approximate surface area is 310 Å². The molecule has 4 aliphatic rings. The molecular weight excluding hydrogens is 692 g/mol. The number of quaternary nitrogens is 1. The van der Waals surface area contributed by atoms with Gasteiger partial charge in [-0.1, -0.05) is 0 Å². The molecule has 14 heteroatoms. The van der Waals surface area contributed by atoms with Gasteiger partial charge in [-0.05, 0) is 82.4 Å². The van der Waals surface area contributed by atoms with E-state index in [2.05, 4.69) is 21.2 Å². The number of aromatic nitrogens is 2. The van der Waals surface area contributed by atoms with Crippen LogP contribution >= 0.6 is 0 Å². The fraction of sp³-hybridized carbons (Fsp3) is 0.375. The van der Waals surface area contributed by atoms with E-state index in [0.717, 1.165) is 34.7 Å². The van der Waals surface area contributed by atoms with Crippen molar-refractivity contribution in [3.63, 3.8) is 0 Å². The zero-order valence-electron chi connectivity index (χ0n) is 30.3. The summed E-state index contributed by atoms with van der Waals surface area (Å²) >= 11 is 0. The number of hydrogen-bond donors (Lipinski definition) is 5. The van der Waals surface area contributed by atoms with Crippen LogP contribution < -0.4 is 26.5 Å². The summed E-state index contributed by atoms with van der Waals surface area (Å²) in [6.45, 7) is 6.54. The number of rotatable bonds is 11. The van der Waals surface area contributed by atoms with Crippen LogP contribution in [0.4, 0.5) is 11.6 Å². The average Bonchev–Trinajstić information content (AvgIpc) is 3.42. The van der Waals surface area contributed by atoms with Crippen molar-refractivity contribution < 1.29 is 38.5 Å². The normalized spacial score (nSPS) is 23.4. The minimum absolute atomic E-state index is 0.0435. The SMILES string of the molecule is Cc1cc(=O)c2c(O)c3c(cc2o1)OC(C)(C)[C@H](OC(=O)[C@]1(CCCO)O[C@@H]1CCc1cc(N)nc(-c2cc(N)nc(C[NH+]4C=C5C=CN=C5C4)c2)c1)C3. The van der Waals surface area contributed by atoms with Crippen LogP contribution in [0.25, 0.3) is 22.2 Å². The number of aromatic hydroxyl groups is 1. The molecule has 8 rings (SSSR count). The number of fused-ring (bicyclic) bond motifs is 3. The first kappa shape index (κ1) is 35.5. The van der Waals surface area contributed by atoms with Crippen molar-refractivity contribution in [3.05, 3.63) is 93.3 Å². The Kier molecular flexibility index (Phi) is 8.78. The Morgan fingerprint density at radius 2 is 1.93 bits per heavy atom. The number of pyridine rings is 2. The van der Waals surface area contributed by atoms with Crippen LogP contribution in [-0.4, -0.2) is 68.4 Å². The van der Waals surface area contributed by atoms with Gasteiger partial charge < -0.3 is 40.3 Å². The number of aliphatic imine (C=N–C) groups is 1. The van der Waals surface area contributed by atoms with Gasteiger partial charge in [0.15, 0.2) is 11.0 Å². The highest BCUT2D eigenvalue weighted by molar-refractivity contribution is 6.06. The first-order valence-corrected chi connectivity index (χ1v) is 18.1. The van der Waals surface area contributed by atoms with Crippen molar-refractivity contribution in [2.75, 3.05) is 24.6 Å². The van der Waals surface area contributed by atoms with E-state index in [4.69, 9.17) is 30.1 Å². The third kappa shape index (κ3) is 6.61. The number of benzene rings is 1. The number of hydrogen-bond acceptors (Lipinski definition) is 13. The highest BCUT2D eigenvalue weighted by atomic mass is 16.7. The molecule has 0 bridgehead atoms. The number of phenolic OH excluding ortho intramolecular Hbond substituents is 1. The van der Waals surface area contributed by atoms with Gasteiger partial charge in [-0.2, -0.15) is 0 Å². The lowest BCUT2D eigenvalue weighted by Crippen LogP contribution is -3.05. The second kappa shape index (κ2) is 13.4. The summed E-state index contributed by atoms with van der Waals surface area (Å²) in [6.07, 6.45) is 6.40. The van der Waals surface area contributed by atoms with E-state index in [1.807, 2.05) is 24.4 Å². The molecule has 54 heavy (non-hydrogen) atoms. The number of aryl methyl sites for hydroxylation is 2. The number of carbonyl (C=O) groups is 1. The molecule has 7 heterocycles. The number of carbonyl (C=O) groups excluding carboxylic acids is 1. The number of aliphatic hydroxyl groups is 1. The zero-order valence-corrected chi connectivity index (χ0v) is 30.3. The third-order valence-electron chi connectivity index (χ3n) is 10.6. The first-order chi connectivity index (χ1) is 25.8. The smallest absolute Gasteiger partial charge is 0.341 e. The highest BCUT2D eigenvalue weighted by Gasteiger charge is 2.63. The second-order valence-corrected chi connectivity index (χ2v) is 15.0. The maximum absolute atomic E-state index is 14.0. The Balaban J connectivity index is 0.970. The molecule has 1 fully saturated rings. The molecule has 280 valence electrons. The summed E-state index contributed by atoms with van der Waals surface area (Å²) in [7, 11) is 0. The van der Waals surface area contributed by atoms with E-state index in [1.54, 1.807) is 39.0 Å². The molecular formula is C40H43N6O8+. The van der Waals surface area contributed by atoms with E-state index in [0.29, 0.717) is 60.2 Å². The molecule has 3 aromatic heterocycles. The molecule has 0 saturated carbocycles. The predicted octanol–water partition coefficient (Wildman–Crippen LogP) is 2.85. The van der Waals surface area contributed by atoms with Gasteiger partial charge in [0.25, 0.3) is 0 Å². The topological polar surface area (TPSA) is 213 Å². The largest absolute Gasteiger partial charge is 0.507 e. The van der Waals surface area contributed by atoms with Crippen LogP contribution in [0.5, 0.6) is 11.5 Å².